The van der Waals surface area contributed by atoms with E-state index in [0.717, 1.165) is 21.9 Å². The molecule has 1 heterocycles. The number of fused-ring (bicyclic) bond motifs is 3. The quantitative estimate of drug-likeness (QED) is 0.317. The lowest BCUT2D eigenvalue weighted by Gasteiger charge is -2.07. The Morgan fingerprint density at radius 2 is 1.68 bits per heavy atom. The van der Waals surface area contributed by atoms with Crippen LogP contribution >= 0.6 is 11.6 Å². The van der Waals surface area contributed by atoms with E-state index < -0.39 is 0 Å². The third-order valence-corrected chi connectivity index (χ3v) is 5.36. The lowest BCUT2D eigenvalue weighted by atomic mass is 10.1. The van der Waals surface area contributed by atoms with Crippen molar-refractivity contribution < 1.29 is 9.21 Å². The van der Waals surface area contributed by atoms with Crippen molar-refractivity contribution in [2.75, 3.05) is 5.32 Å². The van der Waals surface area contributed by atoms with Gasteiger partial charge in [-0.2, -0.15) is 0 Å². The molecule has 0 unspecified atom stereocenters. The van der Waals surface area contributed by atoms with Crippen molar-refractivity contribution in [2.24, 2.45) is 0 Å². The molecule has 0 bridgehead atoms. The van der Waals surface area contributed by atoms with E-state index in [0.29, 0.717) is 27.7 Å². The third-order valence-electron chi connectivity index (χ3n) is 5.02. The number of benzene rings is 4. The van der Waals surface area contributed by atoms with Gasteiger partial charge in [0.2, 0.25) is 11.8 Å². The molecule has 0 spiro atoms. The number of nitrogens with zero attached hydrogens (tertiary/aromatic N) is 1. The minimum atomic E-state index is -0.270. The highest BCUT2D eigenvalue weighted by Crippen LogP contribution is 2.33. The first-order chi connectivity index (χ1) is 15.2. The lowest BCUT2D eigenvalue weighted by Crippen LogP contribution is -2.08. The van der Waals surface area contributed by atoms with Crippen molar-refractivity contribution in [3.05, 3.63) is 102 Å². The van der Waals surface area contributed by atoms with Gasteiger partial charge in [0.25, 0.3) is 0 Å². The number of halogens is 1. The van der Waals surface area contributed by atoms with Gasteiger partial charge in [-0.25, -0.2) is 4.98 Å². The Bertz CT molecular complexity index is 1450. The van der Waals surface area contributed by atoms with Crippen LogP contribution in [-0.2, 0) is 4.79 Å². The van der Waals surface area contributed by atoms with E-state index in [1.165, 1.54) is 6.08 Å². The molecule has 0 saturated carbocycles. The van der Waals surface area contributed by atoms with Gasteiger partial charge < -0.3 is 9.73 Å². The van der Waals surface area contributed by atoms with Crippen molar-refractivity contribution in [1.82, 2.24) is 4.98 Å². The molecule has 0 aliphatic heterocycles. The number of nitrogens with one attached hydrogen (secondary N) is 1. The Kier molecular flexibility index (Phi) is 4.98. The fraction of sp³-hybridized carbons (Fsp3) is 0. The normalized spacial score (nSPS) is 11.4. The second kappa shape index (κ2) is 8.09. The van der Waals surface area contributed by atoms with Gasteiger partial charge in [0.05, 0.1) is 11.3 Å². The molecule has 150 valence electrons. The monoisotopic (exact) mass is 424 g/mol. The average molecular weight is 425 g/mol. The first-order valence-corrected chi connectivity index (χ1v) is 10.2. The zero-order valence-corrected chi connectivity index (χ0v) is 17.1. The van der Waals surface area contributed by atoms with E-state index in [1.54, 1.807) is 12.1 Å². The van der Waals surface area contributed by atoms with Crippen molar-refractivity contribution in [3.8, 4) is 11.5 Å². The number of anilines is 1. The summed E-state index contributed by atoms with van der Waals surface area (Å²) in [7, 11) is 0. The Morgan fingerprint density at radius 1 is 0.903 bits per heavy atom. The molecule has 4 aromatic carbocycles. The molecule has 1 aromatic heterocycles. The van der Waals surface area contributed by atoms with E-state index in [4.69, 9.17) is 21.0 Å². The van der Waals surface area contributed by atoms with Crippen LogP contribution in [0.5, 0.6) is 0 Å². The fourth-order valence-corrected chi connectivity index (χ4v) is 3.70. The highest BCUT2D eigenvalue weighted by molar-refractivity contribution is 6.32. The summed E-state index contributed by atoms with van der Waals surface area (Å²) in [6.07, 6.45) is 3.14. The summed E-state index contributed by atoms with van der Waals surface area (Å²) in [5.41, 5.74) is 3.61. The van der Waals surface area contributed by atoms with Gasteiger partial charge in [-0.3, -0.25) is 4.79 Å². The minimum absolute atomic E-state index is 0.270. The second-order valence-electron chi connectivity index (χ2n) is 7.04. The average Bonchev–Trinajstić information content (AvgIpc) is 3.24. The van der Waals surface area contributed by atoms with Crippen LogP contribution in [0.3, 0.4) is 0 Å². The van der Waals surface area contributed by atoms with Gasteiger partial charge in [0, 0.05) is 16.5 Å². The van der Waals surface area contributed by atoms with E-state index in [9.17, 15) is 4.79 Å². The third kappa shape index (κ3) is 3.81. The second-order valence-corrected chi connectivity index (χ2v) is 7.45. The lowest BCUT2D eigenvalue weighted by molar-refractivity contribution is -0.111. The minimum Gasteiger partial charge on any atom is -0.436 e. The van der Waals surface area contributed by atoms with Crippen LogP contribution in [0.15, 0.2) is 95.4 Å². The molecule has 0 saturated heterocycles. The molecule has 0 aliphatic rings. The molecular weight excluding hydrogens is 408 g/mol. The Hall–Kier alpha value is -3.89. The van der Waals surface area contributed by atoms with Crippen LogP contribution in [0.1, 0.15) is 5.56 Å². The number of para-hydroxylation sites is 1. The van der Waals surface area contributed by atoms with Crippen LogP contribution in [0.4, 0.5) is 5.69 Å². The molecular formula is C26H17ClN2O2. The maximum absolute atomic E-state index is 12.5. The molecule has 0 atom stereocenters. The largest absolute Gasteiger partial charge is 0.436 e. The predicted molar refractivity (Wildman–Crippen MR) is 126 cm³/mol. The van der Waals surface area contributed by atoms with Gasteiger partial charge in [-0.15, -0.1) is 0 Å². The van der Waals surface area contributed by atoms with Gasteiger partial charge in [-0.1, -0.05) is 72.3 Å². The van der Waals surface area contributed by atoms with Crippen LogP contribution in [0, 0.1) is 0 Å². The summed E-state index contributed by atoms with van der Waals surface area (Å²) in [5, 5.41) is 5.63. The topological polar surface area (TPSA) is 55.1 Å². The smallest absolute Gasteiger partial charge is 0.248 e. The van der Waals surface area contributed by atoms with E-state index in [1.807, 2.05) is 78.9 Å². The van der Waals surface area contributed by atoms with Crippen LogP contribution in [0.25, 0.3) is 39.4 Å². The first-order valence-electron chi connectivity index (χ1n) is 9.80. The zero-order valence-electron chi connectivity index (χ0n) is 16.4. The number of hydrogen-bond donors (Lipinski definition) is 1. The molecule has 1 N–H and O–H groups in total. The number of rotatable bonds is 4. The van der Waals surface area contributed by atoms with Gasteiger partial charge in [0.1, 0.15) is 5.52 Å². The summed E-state index contributed by atoms with van der Waals surface area (Å²) in [5.74, 6) is 0.186. The number of carbonyl (C=O) groups excluding carboxylic acids is 1. The van der Waals surface area contributed by atoms with Crippen molar-refractivity contribution in [2.45, 2.75) is 0 Å². The maximum atomic E-state index is 12.5. The number of carbonyl (C=O) groups is 1. The van der Waals surface area contributed by atoms with Crippen molar-refractivity contribution in [1.29, 1.82) is 0 Å². The zero-order chi connectivity index (χ0) is 21.2. The summed E-state index contributed by atoms with van der Waals surface area (Å²) >= 11 is 6.15. The number of hydrogen-bond acceptors (Lipinski definition) is 3. The molecule has 0 radical (unpaired) electrons. The fourth-order valence-electron chi connectivity index (χ4n) is 3.51. The molecule has 4 nitrogen and oxygen atoms in total. The van der Waals surface area contributed by atoms with Gasteiger partial charge in [0.15, 0.2) is 5.58 Å². The van der Waals surface area contributed by atoms with Crippen molar-refractivity contribution >= 4 is 51.1 Å². The molecule has 31 heavy (non-hydrogen) atoms. The Labute approximate surface area is 183 Å². The first kappa shape index (κ1) is 19.1. The standard InChI is InChI=1S/C26H17ClN2O2/c27-21-11-5-2-8-18(21)14-16-24(30)28-22-12-6-4-10-20(22)26-29-25-19-9-3-1-7-17(19)13-15-23(25)31-26/h1-16H,(H,28,30). The maximum Gasteiger partial charge on any atom is 0.248 e. The number of oxazole rings is 1. The summed E-state index contributed by atoms with van der Waals surface area (Å²) in [6, 6.07) is 26.8. The molecule has 1 amide bonds. The number of aromatic nitrogens is 1. The molecule has 5 aromatic rings. The summed E-state index contributed by atoms with van der Waals surface area (Å²) < 4.78 is 6.03. The highest BCUT2D eigenvalue weighted by atomic mass is 35.5. The van der Waals surface area contributed by atoms with Crippen LogP contribution < -0.4 is 5.32 Å². The highest BCUT2D eigenvalue weighted by Gasteiger charge is 2.14. The summed E-state index contributed by atoms with van der Waals surface area (Å²) in [6.45, 7) is 0. The molecule has 5 heteroatoms. The summed E-state index contributed by atoms with van der Waals surface area (Å²) in [4.78, 5) is 17.3. The van der Waals surface area contributed by atoms with Crippen molar-refractivity contribution in [3.63, 3.8) is 0 Å². The Morgan fingerprint density at radius 3 is 2.58 bits per heavy atom. The van der Waals surface area contributed by atoms with Gasteiger partial charge in [-0.05, 0) is 41.3 Å². The number of amides is 1. The molecule has 5 rings (SSSR count). The Balaban J connectivity index is 1.47. The molecule has 0 aliphatic carbocycles. The SMILES string of the molecule is O=C(C=Cc1ccccc1Cl)Nc1ccccc1-c1nc2c(ccc3ccccc32)o1. The van der Waals surface area contributed by atoms with Gasteiger partial charge >= 0.3 is 0 Å². The van der Waals surface area contributed by atoms with E-state index >= 15 is 0 Å². The van der Waals surface area contributed by atoms with E-state index in [-0.39, 0.29) is 5.91 Å². The van der Waals surface area contributed by atoms with Crippen LogP contribution in [0.2, 0.25) is 5.02 Å². The predicted octanol–water partition coefficient (Wildman–Crippen LogP) is 6.95. The van der Waals surface area contributed by atoms with Crippen LogP contribution in [-0.4, -0.2) is 10.9 Å². The molecule has 0 fully saturated rings. The van der Waals surface area contributed by atoms with E-state index in [2.05, 4.69) is 5.32 Å².